The summed E-state index contributed by atoms with van der Waals surface area (Å²) < 4.78 is 9.99. The molecule has 182 valence electrons. The van der Waals surface area contributed by atoms with E-state index in [0.717, 1.165) is 0 Å². The molecule has 2 aromatic carbocycles. The standard InChI is InChI=1S/2C12H10N2O3.Ni/c2*15-11-6-2-1-5-10(11)12(16)14-13-8-9-4-3-7-17-9;/h2*1-8,15H,(H,14,16);/b2*13-8+;. The van der Waals surface area contributed by atoms with Crippen molar-refractivity contribution in [3.05, 3.63) is 108 Å². The van der Waals surface area contributed by atoms with E-state index in [2.05, 4.69) is 20.4 Å². The molecule has 11 heteroatoms. The molecule has 4 N–H and O–H groups in total. The molecule has 0 saturated heterocycles. The Morgan fingerprint density at radius 3 is 1.34 bits per heavy atom. The predicted octanol–water partition coefficient (Wildman–Crippen LogP) is 4.65. The normalized spacial score (nSPS) is 11.8. The van der Waals surface area contributed by atoms with E-state index in [1.54, 1.807) is 48.5 Å². The maximum atomic E-state index is 9.58. The minimum absolute atomic E-state index is 0. The first-order valence-electron chi connectivity index (χ1n) is 9.78. The van der Waals surface area contributed by atoms with Crippen LogP contribution in [0.1, 0.15) is 22.6 Å². The SMILES string of the molecule is O/C(=N/N=C/c1ccco1)c1ccccc1O.O/C(=N/N=C/c1ccco1)c1ccccc1O.[Ni]. The minimum atomic E-state index is -0.356. The summed E-state index contributed by atoms with van der Waals surface area (Å²) in [5.41, 5.74) is 0.452. The first-order chi connectivity index (χ1) is 16.5. The van der Waals surface area contributed by atoms with Gasteiger partial charge in [0.15, 0.2) is 0 Å². The minimum Gasteiger partial charge on any atom is -0.507 e. The number of aromatic hydroxyl groups is 2. The number of rotatable bonds is 6. The molecule has 0 aliphatic carbocycles. The summed E-state index contributed by atoms with van der Waals surface area (Å²) in [7, 11) is 0. The van der Waals surface area contributed by atoms with Gasteiger partial charge in [0.1, 0.15) is 23.0 Å². The van der Waals surface area contributed by atoms with Crippen LogP contribution in [-0.4, -0.2) is 44.7 Å². The molecule has 0 unspecified atom stereocenters. The largest absolute Gasteiger partial charge is 0.507 e. The third-order valence-electron chi connectivity index (χ3n) is 4.05. The molecule has 0 bridgehead atoms. The number of aliphatic hydroxyl groups excluding tert-OH is 2. The van der Waals surface area contributed by atoms with Gasteiger partial charge >= 0.3 is 0 Å². The van der Waals surface area contributed by atoms with Crippen LogP contribution >= 0.6 is 0 Å². The van der Waals surface area contributed by atoms with Crippen molar-refractivity contribution in [3.8, 4) is 11.5 Å². The number of hydrogen-bond acceptors (Lipinski definition) is 8. The summed E-state index contributed by atoms with van der Waals surface area (Å²) >= 11 is 0. The van der Waals surface area contributed by atoms with E-state index >= 15 is 0 Å². The van der Waals surface area contributed by atoms with Crippen LogP contribution in [0.5, 0.6) is 11.5 Å². The van der Waals surface area contributed by atoms with Gasteiger partial charge in [-0.05, 0) is 48.5 Å². The van der Waals surface area contributed by atoms with Gasteiger partial charge in [-0.2, -0.15) is 10.2 Å². The molecular weight excluding hydrogens is 499 g/mol. The number of para-hydroxylation sites is 2. The second-order valence-electron chi connectivity index (χ2n) is 6.40. The number of phenols is 2. The van der Waals surface area contributed by atoms with Crippen molar-refractivity contribution in [2.24, 2.45) is 20.4 Å². The Bertz CT molecular complexity index is 1200. The van der Waals surface area contributed by atoms with Gasteiger partial charge in [0.25, 0.3) is 0 Å². The van der Waals surface area contributed by atoms with Crippen LogP contribution in [-0.2, 0) is 16.5 Å². The number of furan rings is 2. The third-order valence-corrected chi connectivity index (χ3v) is 4.05. The zero-order valence-electron chi connectivity index (χ0n) is 17.9. The van der Waals surface area contributed by atoms with Gasteiger partial charge in [-0.25, -0.2) is 0 Å². The van der Waals surface area contributed by atoms with E-state index in [1.807, 2.05) is 0 Å². The smallest absolute Gasteiger partial charge is 0.242 e. The van der Waals surface area contributed by atoms with Gasteiger partial charge in [0.2, 0.25) is 11.8 Å². The topological polar surface area (TPSA) is 157 Å². The second-order valence-corrected chi connectivity index (χ2v) is 6.40. The fourth-order valence-electron chi connectivity index (χ4n) is 2.44. The zero-order valence-corrected chi connectivity index (χ0v) is 18.9. The number of phenolic OH excluding ortho intramolecular Hbond substituents is 2. The summed E-state index contributed by atoms with van der Waals surface area (Å²) in [5, 5.41) is 52.4. The molecule has 2 heterocycles. The molecule has 4 aromatic rings. The maximum absolute atomic E-state index is 9.58. The summed E-state index contributed by atoms with van der Waals surface area (Å²) in [5.74, 6) is 0.235. The van der Waals surface area contributed by atoms with Gasteiger partial charge < -0.3 is 29.3 Å². The average molecular weight is 519 g/mol. The summed E-state index contributed by atoms with van der Waals surface area (Å²) in [6.07, 6.45) is 5.73. The first-order valence-corrected chi connectivity index (χ1v) is 9.78. The molecule has 0 spiro atoms. The van der Waals surface area contributed by atoms with Crippen molar-refractivity contribution in [1.82, 2.24) is 0 Å². The Kier molecular flexibility index (Phi) is 10.5. The van der Waals surface area contributed by atoms with E-state index in [1.165, 1.54) is 49.2 Å². The summed E-state index contributed by atoms with van der Waals surface area (Å²) in [6.45, 7) is 0. The molecule has 10 nitrogen and oxygen atoms in total. The molecule has 0 aliphatic rings. The van der Waals surface area contributed by atoms with Crippen LogP contribution in [0.25, 0.3) is 0 Å². The maximum Gasteiger partial charge on any atom is 0.242 e. The Labute approximate surface area is 209 Å². The number of hydrogen-bond donors (Lipinski definition) is 4. The van der Waals surface area contributed by atoms with Gasteiger partial charge in [-0.3, -0.25) is 0 Å². The fraction of sp³-hybridized carbons (Fsp3) is 0. The van der Waals surface area contributed by atoms with Crippen LogP contribution in [0.4, 0.5) is 0 Å². The Balaban J connectivity index is 0.000000240. The van der Waals surface area contributed by atoms with Crippen molar-refractivity contribution < 1.29 is 45.8 Å². The second kappa shape index (κ2) is 13.8. The van der Waals surface area contributed by atoms with Crippen molar-refractivity contribution in [2.45, 2.75) is 0 Å². The monoisotopic (exact) mass is 518 g/mol. The van der Waals surface area contributed by atoms with E-state index in [0.29, 0.717) is 11.5 Å². The molecule has 0 aliphatic heterocycles. The Morgan fingerprint density at radius 2 is 1.00 bits per heavy atom. The molecule has 0 saturated carbocycles. The molecular formula is C24H20N4NiO6. The molecule has 0 amide bonds. The Hall–Kier alpha value is -4.63. The van der Waals surface area contributed by atoms with E-state index in [-0.39, 0.29) is 50.9 Å². The van der Waals surface area contributed by atoms with Crippen LogP contribution < -0.4 is 0 Å². The summed E-state index contributed by atoms with van der Waals surface area (Å²) in [4.78, 5) is 0. The van der Waals surface area contributed by atoms with Crippen molar-refractivity contribution >= 4 is 24.2 Å². The van der Waals surface area contributed by atoms with Crippen molar-refractivity contribution in [3.63, 3.8) is 0 Å². The first kappa shape index (κ1) is 26.6. The quantitative estimate of drug-likeness (QED) is 0.126. The number of aliphatic hydroxyl groups is 2. The summed E-state index contributed by atoms with van der Waals surface area (Å²) in [6, 6.07) is 19.5. The van der Waals surface area contributed by atoms with Crippen molar-refractivity contribution in [1.29, 1.82) is 0 Å². The van der Waals surface area contributed by atoms with Gasteiger partial charge in [0, 0.05) is 16.5 Å². The Morgan fingerprint density at radius 1 is 0.600 bits per heavy atom. The van der Waals surface area contributed by atoms with Crippen molar-refractivity contribution in [2.75, 3.05) is 0 Å². The van der Waals surface area contributed by atoms with Gasteiger partial charge in [-0.1, -0.05) is 24.3 Å². The molecule has 0 radical (unpaired) electrons. The van der Waals surface area contributed by atoms with Crippen LogP contribution in [0.3, 0.4) is 0 Å². The molecule has 2 aromatic heterocycles. The number of nitrogens with zero attached hydrogens (tertiary/aromatic N) is 4. The zero-order chi connectivity index (χ0) is 24.2. The molecule has 35 heavy (non-hydrogen) atoms. The van der Waals surface area contributed by atoms with Gasteiger partial charge in [0.05, 0.1) is 36.1 Å². The van der Waals surface area contributed by atoms with E-state index < -0.39 is 0 Å². The van der Waals surface area contributed by atoms with Crippen LogP contribution in [0.15, 0.2) is 115 Å². The fourth-order valence-corrected chi connectivity index (χ4v) is 2.44. The molecule has 0 atom stereocenters. The molecule has 4 rings (SSSR count). The van der Waals surface area contributed by atoms with Crippen LogP contribution in [0.2, 0.25) is 0 Å². The van der Waals surface area contributed by atoms with E-state index in [4.69, 9.17) is 8.83 Å². The average Bonchev–Trinajstić information content (AvgIpc) is 3.55. The van der Waals surface area contributed by atoms with Gasteiger partial charge in [-0.15, -0.1) is 10.2 Å². The van der Waals surface area contributed by atoms with E-state index in [9.17, 15) is 20.4 Å². The van der Waals surface area contributed by atoms with Crippen LogP contribution in [0, 0.1) is 0 Å². The number of benzene rings is 2. The predicted molar refractivity (Wildman–Crippen MR) is 127 cm³/mol. The molecule has 0 fully saturated rings. The third kappa shape index (κ3) is 8.34.